The third-order valence-corrected chi connectivity index (χ3v) is 4.10. The summed E-state index contributed by atoms with van der Waals surface area (Å²) >= 11 is 7.06. The van der Waals surface area contributed by atoms with Gasteiger partial charge in [0.05, 0.1) is 5.75 Å². The fourth-order valence-corrected chi connectivity index (χ4v) is 2.75. The molecule has 0 unspecified atom stereocenters. The first-order valence-corrected chi connectivity index (χ1v) is 7.56. The van der Waals surface area contributed by atoms with Crippen LogP contribution in [-0.4, -0.2) is 11.7 Å². The maximum absolute atomic E-state index is 13.1. The van der Waals surface area contributed by atoms with Gasteiger partial charge in [0.2, 0.25) is 5.91 Å². The molecule has 1 amide bonds. The van der Waals surface area contributed by atoms with E-state index in [-0.39, 0.29) is 17.5 Å². The van der Waals surface area contributed by atoms with Crippen LogP contribution in [0.5, 0.6) is 0 Å². The van der Waals surface area contributed by atoms with E-state index in [4.69, 9.17) is 17.3 Å². The predicted molar refractivity (Wildman–Crippen MR) is 86.4 cm³/mol. The van der Waals surface area contributed by atoms with Crippen LogP contribution in [0.3, 0.4) is 0 Å². The van der Waals surface area contributed by atoms with E-state index in [2.05, 4.69) is 5.32 Å². The number of aryl methyl sites for hydroxylation is 1. The number of nitrogens with one attached hydrogen (secondary N) is 1. The molecule has 0 fully saturated rings. The monoisotopic (exact) mass is 324 g/mol. The van der Waals surface area contributed by atoms with E-state index in [0.717, 1.165) is 5.56 Å². The lowest BCUT2D eigenvalue weighted by Crippen LogP contribution is -2.14. The van der Waals surface area contributed by atoms with E-state index >= 15 is 0 Å². The number of carbonyl (C=O) groups is 1. The topological polar surface area (TPSA) is 55.1 Å². The van der Waals surface area contributed by atoms with Crippen LogP contribution in [0.4, 0.5) is 15.8 Å². The number of anilines is 2. The number of hydrogen-bond donors (Lipinski definition) is 2. The fourth-order valence-electron chi connectivity index (χ4n) is 1.73. The maximum Gasteiger partial charge on any atom is 0.234 e. The van der Waals surface area contributed by atoms with Crippen molar-refractivity contribution in [3.63, 3.8) is 0 Å². The van der Waals surface area contributed by atoms with Crippen LogP contribution in [-0.2, 0) is 4.79 Å². The first-order chi connectivity index (χ1) is 9.95. The van der Waals surface area contributed by atoms with Crippen molar-refractivity contribution < 1.29 is 9.18 Å². The molecule has 0 spiro atoms. The fraction of sp³-hybridized carbons (Fsp3) is 0.133. The summed E-state index contributed by atoms with van der Waals surface area (Å²) in [6.07, 6.45) is 0. The smallest absolute Gasteiger partial charge is 0.234 e. The summed E-state index contributed by atoms with van der Waals surface area (Å²) in [5, 5.41) is 3.41. The summed E-state index contributed by atoms with van der Waals surface area (Å²) in [5.41, 5.74) is 7.78. The van der Waals surface area contributed by atoms with Gasteiger partial charge in [-0.3, -0.25) is 4.79 Å². The van der Waals surface area contributed by atoms with E-state index < -0.39 is 0 Å². The molecule has 0 aliphatic heterocycles. The Morgan fingerprint density at radius 2 is 2.10 bits per heavy atom. The van der Waals surface area contributed by atoms with Crippen molar-refractivity contribution in [1.29, 1.82) is 0 Å². The molecule has 21 heavy (non-hydrogen) atoms. The average Bonchev–Trinajstić information content (AvgIpc) is 2.43. The second-order valence-corrected chi connectivity index (χ2v) is 5.93. The SMILES string of the molecule is Cc1cc(Cl)ccc1NC(=O)CSc1cc(F)ccc1N. The normalized spacial score (nSPS) is 10.4. The molecule has 0 aliphatic carbocycles. The zero-order valence-corrected chi connectivity index (χ0v) is 12.9. The Morgan fingerprint density at radius 1 is 1.33 bits per heavy atom. The molecule has 0 bridgehead atoms. The molecular formula is C15H14ClFN2OS. The Kier molecular flexibility index (Phi) is 5.09. The van der Waals surface area contributed by atoms with Crippen molar-refractivity contribution >= 4 is 40.6 Å². The average molecular weight is 325 g/mol. The highest BCUT2D eigenvalue weighted by molar-refractivity contribution is 8.00. The van der Waals surface area contributed by atoms with E-state index in [0.29, 0.717) is 21.3 Å². The number of amides is 1. The number of nitrogens with two attached hydrogens (primary N) is 1. The Morgan fingerprint density at radius 3 is 2.81 bits per heavy atom. The minimum Gasteiger partial charge on any atom is -0.398 e. The largest absolute Gasteiger partial charge is 0.398 e. The van der Waals surface area contributed by atoms with Gasteiger partial charge in [0, 0.05) is 21.3 Å². The summed E-state index contributed by atoms with van der Waals surface area (Å²) in [7, 11) is 0. The molecule has 3 nitrogen and oxygen atoms in total. The molecule has 0 atom stereocenters. The van der Waals surface area contributed by atoms with Gasteiger partial charge < -0.3 is 11.1 Å². The minimum atomic E-state index is -0.374. The Balaban J connectivity index is 1.97. The van der Waals surface area contributed by atoms with Crippen LogP contribution < -0.4 is 11.1 Å². The Labute approximate surface area is 131 Å². The molecule has 3 N–H and O–H groups in total. The van der Waals surface area contributed by atoms with Gasteiger partial charge in [-0.25, -0.2) is 4.39 Å². The van der Waals surface area contributed by atoms with E-state index in [1.165, 1.54) is 30.0 Å². The molecule has 0 heterocycles. The second-order valence-electron chi connectivity index (χ2n) is 4.48. The third kappa shape index (κ3) is 4.37. The maximum atomic E-state index is 13.1. The van der Waals surface area contributed by atoms with Crippen molar-refractivity contribution in [2.75, 3.05) is 16.8 Å². The molecular weight excluding hydrogens is 311 g/mol. The summed E-state index contributed by atoms with van der Waals surface area (Å²) in [4.78, 5) is 12.5. The summed E-state index contributed by atoms with van der Waals surface area (Å²) in [6.45, 7) is 1.86. The van der Waals surface area contributed by atoms with Crippen LogP contribution in [0.2, 0.25) is 5.02 Å². The van der Waals surface area contributed by atoms with Gasteiger partial charge in [-0.2, -0.15) is 0 Å². The number of benzene rings is 2. The lowest BCUT2D eigenvalue weighted by Gasteiger charge is -2.09. The number of hydrogen-bond acceptors (Lipinski definition) is 3. The van der Waals surface area contributed by atoms with Crippen LogP contribution in [0, 0.1) is 12.7 Å². The van der Waals surface area contributed by atoms with Gasteiger partial charge in [-0.05, 0) is 48.9 Å². The number of rotatable bonds is 4. The zero-order valence-electron chi connectivity index (χ0n) is 11.3. The van der Waals surface area contributed by atoms with Crippen molar-refractivity contribution in [3.8, 4) is 0 Å². The molecule has 2 aromatic rings. The lowest BCUT2D eigenvalue weighted by molar-refractivity contribution is -0.113. The highest BCUT2D eigenvalue weighted by Crippen LogP contribution is 2.26. The number of nitrogen functional groups attached to an aromatic ring is 1. The number of carbonyl (C=O) groups excluding carboxylic acids is 1. The van der Waals surface area contributed by atoms with Crippen molar-refractivity contribution in [2.24, 2.45) is 0 Å². The first kappa shape index (κ1) is 15.7. The van der Waals surface area contributed by atoms with Gasteiger partial charge in [0.25, 0.3) is 0 Å². The van der Waals surface area contributed by atoms with Crippen molar-refractivity contribution in [1.82, 2.24) is 0 Å². The molecule has 0 saturated carbocycles. The quantitative estimate of drug-likeness (QED) is 0.657. The highest BCUT2D eigenvalue weighted by Gasteiger charge is 2.08. The Bertz CT molecular complexity index is 679. The van der Waals surface area contributed by atoms with E-state index in [1.54, 1.807) is 18.2 Å². The summed E-state index contributed by atoms with van der Waals surface area (Å²) in [6, 6.07) is 9.32. The first-order valence-electron chi connectivity index (χ1n) is 6.19. The van der Waals surface area contributed by atoms with Gasteiger partial charge in [-0.1, -0.05) is 11.6 Å². The van der Waals surface area contributed by atoms with Crippen LogP contribution >= 0.6 is 23.4 Å². The molecule has 6 heteroatoms. The standard InChI is InChI=1S/C15H14ClFN2OS/c1-9-6-10(16)2-5-13(9)19-15(20)8-21-14-7-11(17)3-4-12(14)18/h2-7H,8,18H2,1H3,(H,19,20). The Hall–Kier alpha value is -1.72. The van der Waals surface area contributed by atoms with Crippen molar-refractivity contribution in [2.45, 2.75) is 11.8 Å². The number of thioether (sulfide) groups is 1. The highest BCUT2D eigenvalue weighted by atomic mass is 35.5. The van der Waals surface area contributed by atoms with E-state index in [1.807, 2.05) is 6.92 Å². The predicted octanol–water partition coefficient (Wildman–Crippen LogP) is 4.10. The molecule has 110 valence electrons. The summed E-state index contributed by atoms with van der Waals surface area (Å²) < 4.78 is 13.1. The minimum absolute atomic E-state index is 0.149. The van der Waals surface area contributed by atoms with Gasteiger partial charge in [0.15, 0.2) is 0 Å². The van der Waals surface area contributed by atoms with E-state index in [9.17, 15) is 9.18 Å². The van der Waals surface area contributed by atoms with Crippen LogP contribution in [0.1, 0.15) is 5.56 Å². The van der Waals surface area contributed by atoms with Crippen LogP contribution in [0.15, 0.2) is 41.3 Å². The lowest BCUT2D eigenvalue weighted by atomic mass is 10.2. The van der Waals surface area contributed by atoms with Crippen LogP contribution in [0.25, 0.3) is 0 Å². The van der Waals surface area contributed by atoms with Gasteiger partial charge in [-0.15, -0.1) is 11.8 Å². The third-order valence-electron chi connectivity index (χ3n) is 2.80. The molecule has 0 saturated heterocycles. The molecule has 0 radical (unpaired) electrons. The summed E-state index contributed by atoms with van der Waals surface area (Å²) in [5.74, 6) is -0.412. The molecule has 2 aromatic carbocycles. The number of halogens is 2. The van der Waals surface area contributed by atoms with Gasteiger partial charge >= 0.3 is 0 Å². The second kappa shape index (κ2) is 6.83. The molecule has 2 rings (SSSR count). The van der Waals surface area contributed by atoms with Crippen molar-refractivity contribution in [3.05, 3.63) is 52.8 Å². The zero-order chi connectivity index (χ0) is 15.4. The molecule has 0 aliphatic rings. The van der Waals surface area contributed by atoms with Gasteiger partial charge in [0.1, 0.15) is 5.82 Å². The molecule has 0 aromatic heterocycles.